The first-order valence-electron chi connectivity index (χ1n) is 10.6. The first-order chi connectivity index (χ1) is 13.3. The number of hydrogen-bond donors (Lipinski definition) is 0. The van der Waals surface area contributed by atoms with E-state index in [9.17, 15) is 0 Å². The number of ether oxygens (including phenoxy) is 2. The second kappa shape index (κ2) is 12.9. The number of hydrogen-bond acceptors (Lipinski definition) is 2. The summed E-state index contributed by atoms with van der Waals surface area (Å²) < 4.78 is 11.9. The monoisotopic (exact) mass is 390 g/mol. The van der Waals surface area contributed by atoms with Crippen molar-refractivity contribution in [2.24, 2.45) is 0 Å². The van der Waals surface area contributed by atoms with Gasteiger partial charge in [0.25, 0.3) is 0 Å². The van der Waals surface area contributed by atoms with E-state index < -0.39 is 0 Å². The molecule has 0 aliphatic rings. The molecule has 0 atom stereocenters. The maximum Gasteiger partial charge on any atom is 0.122 e. The molecule has 0 N–H and O–H groups in total. The lowest BCUT2D eigenvalue weighted by atomic mass is 10.0. The van der Waals surface area contributed by atoms with Crippen molar-refractivity contribution < 1.29 is 9.47 Å². The molecule has 0 spiro atoms. The van der Waals surface area contributed by atoms with Crippen molar-refractivity contribution in [1.82, 2.24) is 0 Å². The number of halogens is 1. The van der Waals surface area contributed by atoms with E-state index in [1.165, 1.54) is 54.9 Å². The van der Waals surface area contributed by atoms with Crippen LogP contribution < -0.4 is 9.47 Å². The molecule has 0 bridgehead atoms. The molecule has 0 fully saturated rings. The molecule has 0 saturated heterocycles. The van der Waals surface area contributed by atoms with Gasteiger partial charge in [-0.3, -0.25) is 0 Å². The highest BCUT2D eigenvalue weighted by Gasteiger charge is 2.06. The van der Waals surface area contributed by atoms with Crippen molar-refractivity contribution >= 4 is 22.4 Å². The molecule has 0 aliphatic carbocycles. The Morgan fingerprint density at radius 1 is 0.778 bits per heavy atom. The van der Waals surface area contributed by atoms with Gasteiger partial charge < -0.3 is 9.47 Å². The molecule has 0 amide bonds. The van der Waals surface area contributed by atoms with Gasteiger partial charge >= 0.3 is 0 Å². The fourth-order valence-electron chi connectivity index (χ4n) is 3.32. The number of alkyl halides is 1. The molecule has 0 aliphatic heterocycles. The highest BCUT2D eigenvalue weighted by atomic mass is 35.5. The van der Waals surface area contributed by atoms with Gasteiger partial charge in [0, 0.05) is 5.88 Å². The van der Waals surface area contributed by atoms with Gasteiger partial charge in [-0.2, -0.15) is 0 Å². The molecule has 0 radical (unpaired) electrons. The molecule has 3 heteroatoms. The zero-order valence-corrected chi connectivity index (χ0v) is 17.8. The van der Waals surface area contributed by atoms with Crippen LogP contribution in [0.15, 0.2) is 30.3 Å². The molecule has 2 rings (SSSR count). The average Bonchev–Trinajstić information content (AvgIpc) is 2.69. The van der Waals surface area contributed by atoms with Crippen LogP contribution in [0.4, 0.5) is 0 Å². The third-order valence-corrected chi connectivity index (χ3v) is 5.28. The van der Waals surface area contributed by atoms with E-state index in [4.69, 9.17) is 21.1 Å². The summed E-state index contributed by atoms with van der Waals surface area (Å²) >= 11 is 5.70. The first-order valence-corrected chi connectivity index (χ1v) is 11.1. The maximum absolute atomic E-state index is 5.97. The Kier molecular flexibility index (Phi) is 10.4. The van der Waals surface area contributed by atoms with Gasteiger partial charge in [-0.1, -0.05) is 57.6 Å². The van der Waals surface area contributed by atoms with E-state index in [-0.39, 0.29) is 0 Å². The van der Waals surface area contributed by atoms with E-state index in [0.29, 0.717) is 0 Å². The van der Waals surface area contributed by atoms with Crippen LogP contribution in [0.2, 0.25) is 0 Å². The summed E-state index contributed by atoms with van der Waals surface area (Å²) in [6.07, 6.45) is 10.9. The Morgan fingerprint density at radius 2 is 1.48 bits per heavy atom. The summed E-state index contributed by atoms with van der Waals surface area (Å²) in [5.74, 6) is 2.75. The highest BCUT2D eigenvalue weighted by Crippen LogP contribution is 2.30. The van der Waals surface area contributed by atoms with Gasteiger partial charge in [0.2, 0.25) is 0 Å². The molecule has 2 aromatic carbocycles. The Hall–Kier alpha value is -1.41. The largest absolute Gasteiger partial charge is 0.494 e. The molecule has 0 unspecified atom stereocenters. The molecule has 2 aromatic rings. The van der Waals surface area contributed by atoms with Gasteiger partial charge in [0.1, 0.15) is 11.5 Å². The normalized spacial score (nSPS) is 11.1. The predicted octanol–water partition coefficient (Wildman–Crippen LogP) is 7.68. The molecule has 0 saturated carbocycles. The SMILES string of the molecule is CCCCCOc1ccc2cc(OCCCCCCCCCl)ccc2c1C. The molecule has 150 valence electrons. The van der Waals surface area contributed by atoms with Crippen molar-refractivity contribution in [3.05, 3.63) is 35.9 Å². The fraction of sp³-hybridized carbons (Fsp3) is 0.583. The maximum atomic E-state index is 5.97. The third-order valence-electron chi connectivity index (χ3n) is 5.01. The zero-order chi connectivity index (χ0) is 19.3. The minimum atomic E-state index is 0.789. The van der Waals surface area contributed by atoms with Crippen molar-refractivity contribution in [3.63, 3.8) is 0 Å². The quantitative estimate of drug-likeness (QED) is 0.243. The van der Waals surface area contributed by atoms with Crippen molar-refractivity contribution in [1.29, 1.82) is 0 Å². The van der Waals surface area contributed by atoms with Crippen LogP contribution >= 0.6 is 11.6 Å². The molecule has 0 heterocycles. The number of benzene rings is 2. The van der Waals surface area contributed by atoms with Crippen molar-refractivity contribution in [2.75, 3.05) is 19.1 Å². The summed E-state index contributed by atoms with van der Waals surface area (Å²) in [4.78, 5) is 0. The minimum Gasteiger partial charge on any atom is -0.494 e. The van der Waals surface area contributed by atoms with Crippen LogP contribution in [0.1, 0.15) is 70.3 Å². The van der Waals surface area contributed by atoms with Crippen LogP contribution in [0, 0.1) is 6.92 Å². The number of unbranched alkanes of at least 4 members (excludes halogenated alkanes) is 7. The topological polar surface area (TPSA) is 18.5 Å². The lowest BCUT2D eigenvalue weighted by molar-refractivity contribution is 0.304. The Labute approximate surface area is 170 Å². The molecule has 0 aromatic heterocycles. The Balaban J connectivity index is 1.81. The minimum absolute atomic E-state index is 0.789. The fourth-order valence-corrected chi connectivity index (χ4v) is 3.51. The van der Waals surface area contributed by atoms with E-state index in [0.717, 1.165) is 49.9 Å². The first kappa shape index (κ1) is 21.9. The summed E-state index contributed by atoms with van der Waals surface area (Å²) in [5, 5.41) is 2.46. The van der Waals surface area contributed by atoms with Gasteiger partial charge in [-0.25, -0.2) is 0 Å². The van der Waals surface area contributed by atoms with Gasteiger partial charge in [-0.05, 0) is 60.7 Å². The molecular formula is C24H35ClO2. The number of rotatable bonds is 14. The summed E-state index contributed by atoms with van der Waals surface area (Å²) in [6.45, 7) is 5.94. The summed E-state index contributed by atoms with van der Waals surface area (Å²) in [5.41, 5.74) is 1.22. The van der Waals surface area contributed by atoms with Gasteiger partial charge in [0.15, 0.2) is 0 Å². The van der Waals surface area contributed by atoms with Crippen LogP contribution in [0.25, 0.3) is 10.8 Å². The van der Waals surface area contributed by atoms with Crippen molar-refractivity contribution in [3.8, 4) is 11.5 Å². The number of aryl methyl sites for hydroxylation is 1. The lowest BCUT2D eigenvalue weighted by Crippen LogP contribution is -1.99. The van der Waals surface area contributed by atoms with Crippen LogP contribution in [-0.4, -0.2) is 19.1 Å². The Bertz CT molecular complexity index is 669. The van der Waals surface area contributed by atoms with Crippen LogP contribution in [0.5, 0.6) is 11.5 Å². The smallest absolute Gasteiger partial charge is 0.122 e. The van der Waals surface area contributed by atoms with Crippen molar-refractivity contribution in [2.45, 2.75) is 71.6 Å². The third kappa shape index (κ3) is 7.62. The van der Waals surface area contributed by atoms with E-state index in [1.807, 2.05) is 0 Å². The molecule has 27 heavy (non-hydrogen) atoms. The summed E-state index contributed by atoms with van der Waals surface area (Å²) in [7, 11) is 0. The molecular weight excluding hydrogens is 356 g/mol. The standard InChI is InChI=1S/C24H35ClO2/c1-3-4-10-18-27-24-15-12-21-19-22(13-14-23(21)20(24)2)26-17-11-8-6-5-7-9-16-25/h12-15,19H,3-11,16-18H2,1-2H3. The predicted molar refractivity (Wildman–Crippen MR) is 118 cm³/mol. The van der Waals surface area contributed by atoms with E-state index in [1.54, 1.807) is 0 Å². The second-order valence-corrected chi connectivity index (χ2v) is 7.66. The molecule has 2 nitrogen and oxygen atoms in total. The summed E-state index contributed by atoms with van der Waals surface area (Å²) in [6, 6.07) is 10.6. The van der Waals surface area contributed by atoms with E-state index in [2.05, 4.69) is 44.2 Å². The van der Waals surface area contributed by atoms with E-state index >= 15 is 0 Å². The van der Waals surface area contributed by atoms with Crippen LogP contribution in [0.3, 0.4) is 0 Å². The Morgan fingerprint density at radius 3 is 2.26 bits per heavy atom. The van der Waals surface area contributed by atoms with Crippen LogP contribution in [-0.2, 0) is 0 Å². The van der Waals surface area contributed by atoms with Gasteiger partial charge in [0.05, 0.1) is 13.2 Å². The second-order valence-electron chi connectivity index (χ2n) is 7.29. The number of fused-ring (bicyclic) bond motifs is 1. The van der Waals surface area contributed by atoms with Gasteiger partial charge in [-0.15, -0.1) is 11.6 Å². The average molecular weight is 391 g/mol. The lowest BCUT2D eigenvalue weighted by Gasteiger charge is -2.13. The highest BCUT2D eigenvalue weighted by molar-refractivity contribution is 6.17. The zero-order valence-electron chi connectivity index (χ0n) is 17.1.